The Morgan fingerprint density at radius 2 is 2.12 bits per heavy atom. The first-order valence-electron chi connectivity index (χ1n) is 5.04. The summed E-state index contributed by atoms with van der Waals surface area (Å²) in [5.41, 5.74) is 0.876. The predicted molar refractivity (Wildman–Crippen MR) is 70.0 cm³/mol. The van der Waals surface area contributed by atoms with E-state index in [1.807, 2.05) is 30.3 Å². The molecule has 0 aromatic heterocycles. The Labute approximate surface area is 107 Å². The summed E-state index contributed by atoms with van der Waals surface area (Å²) >= 11 is 3.43. The van der Waals surface area contributed by atoms with Crippen molar-refractivity contribution in [3.63, 3.8) is 0 Å². The molecule has 0 amide bonds. The average Bonchev–Trinajstić information content (AvgIpc) is 2.35. The minimum atomic E-state index is 0.287. The third-order valence-corrected chi connectivity index (χ3v) is 3.01. The van der Waals surface area contributed by atoms with E-state index in [-0.39, 0.29) is 6.54 Å². The molecule has 0 heterocycles. The van der Waals surface area contributed by atoms with Crippen LogP contribution in [0.4, 0.5) is 0 Å². The van der Waals surface area contributed by atoms with E-state index in [1.54, 1.807) is 7.11 Å². The van der Waals surface area contributed by atoms with Gasteiger partial charge in [0.15, 0.2) is 0 Å². The highest BCUT2D eigenvalue weighted by Crippen LogP contribution is 2.28. The molecular weight excluding hydrogens is 282 g/mol. The molecule has 0 aliphatic heterocycles. The largest absolute Gasteiger partial charge is 0.496 e. The zero-order valence-corrected chi connectivity index (χ0v) is 10.8. The number of methoxy groups -OCH3 is 1. The third-order valence-electron chi connectivity index (χ3n) is 2.52. The van der Waals surface area contributed by atoms with E-state index < -0.39 is 0 Å². The van der Waals surface area contributed by atoms with Crippen LogP contribution in [0.3, 0.4) is 0 Å². The van der Waals surface area contributed by atoms with Crippen LogP contribution in [0.2, 0.25) is 0 Å². The Bertz CT molecular complexity index is 604. The van der Waals surface area contributed by atoms with E-state index in [4.69, 9.17) is 4.74 Å². The molecule has 0 unspecified atom stereocenters. The fraction of sp³-hybridized carbons (Fsp3) is 0.154. The van der Waals surface area contributed by atoms with Gasteiger partial charge in [0.1, 0.15) is 5.75 Å². The quantitative estimate of drug-likeness (QED) is 0.642. The number of hydrogen-bond acceptors (Lipinski definition) is 3. The van der Waals surface area contributed by atoms with Crippen molar-refractivity contribution in [3.05, 3.63) is 40.4 Å². The fourth-order valence-electron chi connectivity index (χ4n) is 1.73. The lowest BCUT2D eigenvalue weighted by atomic mass is 10.1. The zero-order chi connectivity index (χ0) is 12.3. The monoisotopic (exact) mass is 291 g/mol. The van der Waals surface area contributed by atoms with E-state index in [2.05, 4.69) is 20.9 Å². The lowest BCUT2D eigenvalue weighted by Crippen LogP contribution is -1.91. The number of isocyanates is 1. The number of nitrogens with zero attached hydrogens (tertiary/aromatic N) is 1. The van der Waals surface area contributed by atoms with Crippen LogP contribution in [0.25, 0.3) is 10.8 Å². The Morgan fingerprint density at radius 3 is 2.82 bits per heavy atom. The SMILES string of the molecule is COc1cc2ccc(Br)cc2cc1CN=C=O. The number of hydrogen-bond donors (Lipinski definition) is 0. The van der Waals surface area contributed by atoms with Gasteiger partial charge < -0.3 is 4.74 Å². The van der Waals surface area contributed by atoms with E-state index >= 15 is 0 Å². The minimum absolute atomic E-state index is 0.287. The second kappa shape index (κ2) is 5.13. The minimum Gasteiger partial charge on any atom is -0.496 e. The maximum atomic E-state index is 10.2. The van der Waals surface area contributed by atoms with Gasteiger partial charge in [0.05, 0.1) is 13.7 Å². The summed E-state index contributed by atoms with van der Waals surface area (Å²) in [5, 5.41) is 2.17. The van der Waals surface area contributed by atoms with Crippen LogP contribution in [-0.2, 0) is 11.3 Å². The Balaban J connectivity index is 2.60. The molecule has 0 aliphatic rings. The van der Waals surface area contributed by atoms with Crippen LogP contribution < -0.4 is 4.74 Å². The number of carbonyl (C=O) groups excluding carboxylic acids is 1. The third kappa shape index (κ3) is 2.54. The molecule has 0 aliphatic carbocycles. The fourth-order valence-corrected chi connectivity index (χ4v) is 2.10. The number of ether oxygens (including phenoxy) is 1. The standard InChI is InChI=1S/C13H10BrNO2/c1-17-13-6-9-2-3-12(14)5-10(9)4-11(13)7-15-8-16/h2-6H,7H2,1H3. The zero-order valence-electron chi connectivity index (χ0n) is 9.24. The summed E-state index contributed by atoms with van der Waals surface area (Å²) in [5.74, 6) is 0.735. The molecular formula is C13H10BrNO2. The number of rotatable bonds is 3. The van der Waals surface area contributed by atoms with Gasteiger partial charge in [-0.2, -0.15) is 0 Å². The molecule has 0 spiro atoms. The highest BCUT2D eigenvalue weighted by atomic mass is 79.9. The first kappa shape index (κ1) is 11.8. The molecule has 0 radical (unpaired) electrons. The summed E-state index contributed by atoms with van der Waals surface area (Å²) in [6.07, 6.45) is 1.54. The van der Waals surface area contributed by atoms with Gasteiger partial charge in [0.2, 0.25) is 6.08 Å². The topological polar surface area (TPSA) is 38.7 Å². The first-order valence-corrected chi connectivity index (χ1v) is 5.83. The molecule has 0 fully saturated rings. The van der Waals surface area contributed by atoms with Crippen molar-refractivity contribution in [3.8, 4) is 5.75 Å². The van der Waals surface area contributed by atoms with Crippen LogP contribution in [0.15, 0.2) is 39.8 Å². The van der Waals surface area contributed by atoms with Crippen molar-refractivity contribution in [1.82, 2.24) is 0 Å². The molecule has 2 aromatic carbocycles. The van der Waals surface area contributed by atoms with Gasteiger partial charge in [-0.15, -0.1) is 0 Å². The molecule has 0 saturated heterocycles. The summed E-state index contributed by atoms with van der Waals surface area (Å²) in [6, 6.07) is 9.92. The first-order chi connectivity index (χ1) is 8.24. The van der Waals surface area contributed by atoms with E-state index in [1.165, 1.54) is 6.08 Å². The second-order valence-electron chi connectivity index (χ2n) is 3.56. The highest BCUT2D eigenvalue weighted by molar-refractivity contribution is 9.10. The molecule has 2 aromatic rings. The summed E-state index contributed by atoms with van der Waals surface area (Å²) in [4.78, 5) is 13.7. The van der Waals surface area contributed by atoms with Gasteiger partial charge in [-0.25, -0.2) is 9.79 Å². The van der Waals surface area contributed by atoms with E-state index in [0.29, 0.717) is 0 Å². The van der Waals surface area contributed by atoms with Crippen LogP contribution in [-0.4, -0.2) is 13.2 Å². The van der Waals surface area contributed by atoms with Crippen LogP contribution in [0.1, 0.15) is 5.56 Å². The predicted octanol–water partition coefficient (Wildman–Crippen LogP) is 3.45. The van der Waals surface area contributed by atoms with E-state index in [0.717, 1.165) is 26.6 Å². The van der Waals surface area contributed by atoms with Crippen molar-refractivity contribution >= 4 is 32.8 Å². The highest BCUT2D eigenvalue weighted by Gasteiger charge is 2.05. The normalized spacial score (nSPS) is 10.0. The second-order valence-corrected chi connectivity index (χ2v) is 4.48. The smallest absolute Gasteiger partial charge is 0.235 e. The Morgan fingerprint density at radius 1 is 1.29 bits per heavy atom. The molecule has 86 valence electrons. The number of aliphatic imine (C=N–C) groups is 1. The van der Waals surface area contributed by atoms with Gasteiger partial charge in [-0.1, -0.05) is 22.0 Å². The summed E-state index contributed by atoms with van der Waals surface area (Å²) in [6.45, 7) is 0.287. The summed E-state index contributed by atoms with van der Waals surface area (Å²) < 4.78 is 6.29. The molecule has 0 N–H and O–H groups in total. The van der Waals surface area contributed by atoms with Crippen molar-refractivity contribution < 1.29 is 9.53 Å². The maximum absolute atomic E-state index is 10.2. The van der Waals surface area contributed by atoms with Crippen molar-refractivity contribution in [2.75, 3.05) is 7.11 Å². The molecule has 3 nitrogen and oxygen atoms in total. The van der Waals surface area contributed by atoms with Crippen molar-refractivity contribution in [1.29, 1.82) is 0 Å². The van der Waals surface area contributed by atoms with Gasteiger partial charge in [0.25, 0.3) is 0 Å². The molecule has 0 saturated carbocycles. The van der Waals surface area contributed by atoms with Gasteiger partial charge in [0, 0.05) is 10.0 Å². The van der Waals surface area contributed by atoms with Crippen molar-refractivity contribution in [2.45, 2.75) is 6.54 Å². The van der Waals surface area contributed by atoms with Crippen LogP contribution in [0.5, 0.6) is 5.75 Å². The van der Waals surface area contributed by atoms with Gasteiger partial charge in [-0.3, -0.25) is 0 Å². The molecule has 0 bridgehead atoms. The molecule has 2 rings (SSSR count). The number of halogens is 1. The number of fused-ring (bicyclic) bond motifs is 1. The average molecular weight is 292 g/mol. The number of benzene rings is 2. The molecule has 17 heavy (non-hydrogen) atoms. The lowest BCUT2D eigenvalue weighted by molar-refractivity contribution is 0.410. The van der Waals surface area contributed by atoms with Crippen molar-refractivity contribution in [2.24, 2.45) is 4.99 Å². The summed E-state index contributed by atoms with van der Waals surface area (Å²) in [7, 11) is 1.61. The lowest BCUT2D eigenvalue weighted by Gasteiger charge is -2.08. The van der Waals surface area contributed by atoms with Crippen LogP contribution in [0, 0.1) is 0 Å². The van der Waals surface area contributed by atoms with Gasteiger partial charge >= 0.3 is 0 Å². The van der Waals surface area contributed by atoms with Gasteiger partial charge in [-0.05, 0) is 35.0 Å². The maximum Gasteiger partial charge on any atom is 0.235 e. The molecule has 0 atom stereocenters. The Kier molecular flexibility index (Phi) is 3.57. The molecule has 4 heteroatoms. The van der Waals surface area contributed by atoms with E-state index in [9.17, 15) is 4.79 Å². The van der Waals surface area contributed by atoms with Crippen LogP contribution >= 0.6 is 15.9 Å². The Hall–Kier alpha value is -1.64.